The summed E-state index contributed by atoms with van der Waals surface area (Å²) in [7, 11) is 0. The van der Waals surface area contributed by atoms with Crippen molar-refractivity contribution in [1.82, 2.24) is 0 Å². The van der Waals surface area contributed by atoms with Gasteiger partial charge >= 0.3 is 11.9 Å². The van der Waals surface area contributed by atoms with Gasteiger partial charge in [0.05, 0.1) is 11.1 Å². The summed E-state index contributed by atoms with van der Waals surface area (Å²) in [6.45, 7) is 0.0535. The average molecular weight is 522 g/mol. The van der Waals surface area contributed by atoms with Crippen LogP contribution in [0.25, 0.3) is 0 Å². The molecule has 2 aromatic carbocycles. The Balaban J connectivity index is 1.80. The van der Waals surface area contributed by atoms with Crippen molar-refractivity contribution in [2.24, 2.45) is 0 Å². The fourth-order valence-electron chi connectivity index (χ4n) is 1.68. The van der Waals surface area contributed by atoms with Crippen LogP contribution in [0.2, 0.25) is 0 Å². The zero-order valence-corrected chi connectivity index (χ0v) is 15.7. The highest BCUT2D eigenvalue weighted by Crippen LogP contribution is 2.13. The average Bonchev–Trinajstić information content (AvgIpc) is 2.52. The Morgan fingerprint density at radius 1 is 0.727 bits per heavy atom. The second-order valence-corrected chi connectivity index (χ2v) is 6.56. The molecule has 0 saturated heterocycles. The highest BCUT2D eigenvalue weighted by atomic mass is 127. The molecular formula is C16H12I2O4. The Morgan fingerprint density at radius 2 is 1.09 bits per heavy atom. The summed E-state index contributed by atoms with van der Waals surface area (Å²) in [4.78, 5) is 23.7. The van der Waals surface area contributed by atoms with Crippen LogP contribution in [0.5, 0.6) is 0 Å². The molecule has 0 fully saturated rings. The second-order valence-electron chi connectivity index (χ2n) is 4.23. The van der Waals surface area contributed by atoms with Crippen LogP contribution in [0.1, 0.15) is 20.7 Å². The Morgan fingerprint density at radius 3 is 1.45 bits per heavy atom. The van der Waals surface area contributed by atoms with Gasteiger partial charge in [-0.2, -0.15) is 0 Å². The first-order valence-electron chi connectivity index (χ1n) is 6.43. The van der Waals surface area contributed by atoms with E-state index in [1.54, 1.807) is 24.3 Å². The van der Waals surface area contributed by atoms with E-state index in [1.807, 2.05) is 24.3 Å². The molecular weight excluding hydrogens is 510 g/mol. The maximum atomic E-state index is 11.9. The SMILES string of the molecule is O=C(OCCOC(=O)c1ccccc1I)c1ccccc1I. The van der Waals surface area contributed by atoms with Gasteiger partial charge in [-0.3, -0.25) is 0 Å². The van der Waals surface area contributed by atoms with Crippen LogP contribution in [0.4, 0.5) is 0 Å². The van der Waals surface area contributed by atoms with E-state index in [1.165, 1.54) is 0 Å². The van der Waals surface area contributed by atoms with E-state index >= 15 is 0 Å². The minimum Gasteiger partial charge on any atom is -0.458 e. The molecule has 0 spiro atoms. The third kappa shape index (κ3) is 4.67. The third-order valence-electron chi connectivity index (χ3n) is 2.74. The van der Waals surface area contributed by atoms with Crippen molar-refractivity contribution in [1.29, 1.82) is 0 Å². The first-order valence-corrected chi connectivity index (χ1v) is 8.58. The van der Waals surface area contributed by atoms with E-state index in [9.17, 15) is 9.59 Å². The Kier molecular flexibility index (Phi) is 6.62. The fourth-order valence-corrected chi connectivity index (χ4v) is 2.89. The van der Waals surface area contributed by atoms with E-state index < -0.39 is 11.9 Å². The van der Waals surface area contributed by atoms with E-state index in [0.29, 0.717) is 11.1 Å². The van der Waals surface area contributed by atoms with Crippen LogP contribution in [-0.2, 0) is 9.47 Å². The summed E-state index contributed by atoms with van der Waals surface area (Å²) in [6, 6.07) is 14.3. The van der Waals surface area contributed by atoms with Gasteiger partial charge in [0.15, 0.2) is 0 Å². The number of ether oxygens (including phenoxy) is 2. The van der Waals surface area contributed by atoms with Crippen LogP contribution in [0, 0.1) is 7.14 Å². The van der Waals surface area contributed by atoms with Crippen LogP contribution in [0.15, 0.2) is 48.5 Å². The third-order valence-corrected chi connectivity index (χ3v) is 4.62. The summed E-state index contributed by atoms with van der Waals surface area (Å²) in [5.41, 5.74) is 1.01. The van der Waals surface area contributed by atoms with Crippen LogP contribution in [-0.4, -0.2) is 25.2 Å². The number of halogens is 2. The number of rotatable bonds is 5. The van der Waals surface area contributed by atoms with Gasteiger partial charge < -0.3 is 9.47 Å². The minimum atomic E-state index is -0.421. The molecule has 0 bridgehead atoms. The topological polar surface area (TPSA) is 52.6 Å². The molecule has 0 atom stereocenters. The standard InChI is InChI=1S/C16H12I2O4/c17-13-7-3-1-5-11(13)15(19)21-9-10-22-16(20)12-6-2-4-8-14(12)18/h1-8H,9-10H2. The van der Waals surface area contributed by atoms with Gasteiger partial charge in [0.25, 0.3) is 0 Å². The molecule has 2 rings (SSSR count). The van der Waals surface area contributed by atoms with E-state index in [2.05, 4.69) is 45.2 Å². The summed E-state index contributed by atoms with van der Waals surface area (Å²) in [5, 5.41) is 0. The van der Waals surface area contributed by atoms with Crippen molar-refractivity contribution in [3.05, 3.63) is 66.8 Å². The lowest BCUT2D eigenvalue weighted by atomic mass is 10.2. The Hall–Kier alpha value is -1.16. The number of hydrogen-bond acceptors (Lipinski definition) is 4. The van der Waals surface area contributed by atoms with Gasteiger partial charge in [-0.15, -0.1) is 0 Å². The number of carbonyl (C=O) groups is 2. The second kappa shape index (κ2) is 8.47. The molecule has 0 N–H and O–H groups in total. The van der Waals surface area contributed by atoms with Crippen LogP contribution in [0.3, 0.4) is 0 Å². The molecule has 114 valence electrons. The molecule has 0 heterocycles. The van der Waals surface area contributed by atoms with Gasteiger partial charge in [-0.05, 0) is 69.4 Å². The number of carbonyl (C=O) groups excluding carboxylic acids is 2. The highest BCUT2D eigenvalue weighted by molar-refractivity contribution is 14.1. The van der Waals surface area contributed by atoms with Gasteiger partial charge in [0, 0.05) is 7.14 Å². The molecule has 6 heteroatoms. The smallest absolute Gasteiger partial charge is 0.339 e. The fraction of sp³-hybridized carbons (Fsp3) is 0.125. The summed E-state index contributed by atoms with van der Waals surface area (Å²) in [5.74, 6) is -0.842. The number of hydrogen-bond donors (Lipinski definition) is 0. The maximum absolute atomic E-state index is 11.9. The van der Waals surface area contributed by atoms with Crippen molar-refractivity contribution >= 4 is 57.1 Å². The van der Waals surface area contributed by atoms with Gasteiger partial charge in [0.1, 0.15) is 13.2 Å². The van der Waals surface area contributed by atoms with Gasteiger partial charge in [-0.1, -0.05) is 24.3 Å². The van der Waals surface area contributed by atoms with Gasteiger partial charge in [0.2, 0.25) is 0 Å². The van der Waals surface area contributed by atoms with E-state index in [4.69, 9.17) is 9.47 Å². The van der Waals surface area contributed by atoms with E-state index in [-0.39, 0.29) is 13.2 Å². The lowest BCUT2D eigenvalue weighted by Gasteiger charge is -2.08. The maximum Gasteiger partial charge on any atom is 0.339 e. The number of esters is 2. The number of benzene rings is 2. The highest BCUT2D eigenvalue weighted by Gasteiger charge is 2.12. The van der Waals surface area contributed by atoms with Crippen molar-refractivity contribution in [2.75, 3.05) is 13.2 Å². The van der Waals surface area contributed by atoms with Gasteiger partial charge in [-0.25, -0.2) is 9.59 Å². The quantitative estimate of drug-likeness (QED) is 0.340. The molecule has 0 aliphatic carbocycles. The van der Waals surface area contributed by atoms with Crippen LogP contribution < -0.4 is 0 Å². The van der Waals surface area contributed by atoms with E-state index in [0.717, 1.165) is 7.14 Å². The molecule has 0 aliphatic heterocycles. The summed E-state index contributed by atoms with van der Waals surface area (Å²) < 4.78 is 11.8. The largest absolute Gasteiger partial charge is 0.458 e. The molecule has 22 heavy (non-hydrogen) atoms. The molecule has 0 saturated carbocycles. The molecule has 4 nitrogen and oxygen atoms in total. The van der Waals surface area contributed by atoms with Crippen LogP contribution >= 0.6 is 45.2 Å². The first-order chi connectivity index (χ1) is 10.6. The summed E-state index contributed by atoms with van der Waals surface area (Å²) >= 11 is 4.14. The first kappa shape index (κ1) is 17.2. The lowest BCUT2D eigenvalue weighted by Crippen LogP contribution is -2.15. The van der Waals surface area contributed by atoms with Crippen molar-refractivity contribution < 1.29 is 19.1 Å². The van der Waals surface area contributed by atoms with Crippen molar-refractivity contribution in [3.8, 4) is 0 Å². The van der Waals surface area contributed by atoms with Crippen molar-refractivity contribution in [2.45, 2.75) is 0 Å². The predicted molar refractivity (Wildman–Crippen MR) is 98.9 cm³/mol. The monoisotopic (exact) mass is 522 g/mol. The molecule has 0 aromatic heterocycles. The minimum absolute atomic E-state index is 0.0267. The Labute approximate surface area is 155 Å². The summed E-state index contributed by atoms with van der Waals surface area (Å²) in [6.07, 6.45) is 0. The molecule has 2 aromatic rings. The molecule has 0 unspecified atom stereocenters. The molecule has 0 amide bonds. The zero-order chi connectivity index (χ0) is 15.9. The lowest BCUT2D eigenvalue weighted by molar-refractivity contribution is 0.0264. The Bertz CT molecular complexity index is 626. The zero-order valence-electron chi connectivity index (χ0n) is 11.4. The van der Waals surface area contributed by atoms with Crippen molar-refractivity contribution in [3.63, 3.8) is 0 Å². The molecule has 0 aliphatic rings. The predicted octanol–water partition coefficient (Wildman–Crippen LogP) is 3.91. The molecule has 0 radical (unpaired) electrons. The normalized spacial score (nSPS) is 10.1.